The molecule has 3 heteroatoms. The second kappa shape index (κ2) is 5.01. The summed E-state index contributed by atoms with van der Waals surface area (Å²) in [6.45, 7) is 3.34. The molecule has 17 heavy (non-hydrogen) atoms. The summed E-state index contributed by atoms with van der Waals surface area (Å²) in [7, 11) is 0. The first-order valence-electron chi connectivity index (χ1n) is 5.96. The summed E-state index contributed by atoms with van der Waals surface area (Å²) in [5, 5.41) is 8.91. The summed E-state index contributed by atoms with van der Waals surface area (Å²) in [6.07, 6.45) is 1.84. The number of benzene rings is 1. The van der Waals surface area contributed by atoms with E-state index in [2.05, 4.69) is 6.07 Å². The SMILES string of the molecule is Cc1ccc(C(=O)N2CCCC(C#N)C2)cc1. The van der Waals surface area contributed by atoms with Crippen molar-refractivity contribution < 1.29 is 4.79 Å². The van der Waals surface area contributed by atoms with Crippen molar-refractivity contribution in [3.8, 4) is 6.07 Å². The summed E-state index contributed by atoms with van der Waals surface area (Å²) >= 11 is 0. The van der Waals surface area contributed by atoms with Gasteiger partial charge in [0.15, 0.2) is 0 Å². The van der Waals surface area contributed by atoms with Crippen LogP contribution in [0.5, 0.6) is 0 Å². The van der Waals surface area contributed by atoms with Crippen molar-refractivity contribution in [2.24, 2.45) is 5.92 Å². The van der Waals surface area contributed by atoms with Crippen LogP contribution in [0.3, 0.4) is 0 Å². The summed E-state index contributed by atoms with van der Waals surface area (Å²) < 4.78 is 0. The Morgan fingerprint density at radius 2 is 2.12 bits per heavy atom. The molecule has 1 aliphatic rings. The van der Waals surface area contributed by atoms with Gasteiger partial charge in [-0.05, 0) is 31.9 Å². The van der Waals surface area contributed by atoms with Gasteiger partial charge in [-0.15, -0.1) is 0 Å². The average Bonchev–Trinajstić information content (AvgIpc) is 2.39. The molecule has 1 saturated heterocycles. The third-order valence-electron chi connectivity index (χ3n) is 3.19. The molecule has 0 bridgehead atoms. The molecule has 88 valence electrons. The zero-order valence-corrected chi connectivity index (χ0v) is 10.0. The van der Waals surface area contributed by atoms with Gasteiger partial charge in [-0.25, -0.2) is 0 Å². The third kappa shape index (κ3) is 2.65. The summed E-state index contributed by atoms with van der Waals surface area (Å²) in [6, 6.07) is 9.85. The van der Waals surface area contributed by atoms with Gasteiger partial charge in [0.1, 0.15) is 0 Å². The smallest absolute Gasteiger partial charge is 0.253 e. The highest BCUT2D eigenvalue weighted by Gasteiger charge is 2.23. The maximum Gasteiger partial charge on any atom is 0.253 e. The van der Waals surface area contributed by atoms with Gasteiger partial charge < -0.3 is 4.90 Å². The van der Waals surface area contributed by atoms with E-state index < -0.39 is 0 Å². The first-order valence-corrected chi connectivity index (χ1v) is 5.96. The van der Waals surface area contributed by atoms with E-state index in [0.29, 0.717) is 12.1 Å². The van der Waals surface area contributed by atoms with Crippen LogP contribution in [0.1, 0.15) is 28.8 Å². The largest absolute Gasteiger partial charge is 0.337 e. The number of rotatable bonds is 1. The maximum absolute atomic E-state index is 12.2. The normalized spacial score (nSPS) is 19.8. The standard InChI is InChI=1S/C14H16N2O/c1-11-4-6-13(7-5-11)14(17)16-8-2-3-12(9-15)10-16/h4-7,12H,2-3,8,10H2,1H3. The van der Waals surface area contributed by atoms with Crippen molar-refractivity contribution in [2.75, 3.05) is 13.1 Å². The summed E-state index contributed by atoms with van der Waals surface area (Å²) in [5.74, 6) is 0.0445. The highest BCUT2D eigenvalue weighted by molar-refractivity contribution is 5.94. The van der Waals surface area contributed by atoms with Gasteiger partial charge in [0.05, 0.1) is 12.0 Å². The molecule has 0 aliphatic carbocycles. The first kappa shape index (κ1) is 11.7. The molecule has 0 saturated carbocycles. The Morgan fingerprint density at radius 1 is 1.41 bits per heavy atom. The van der Waals surface area contributed by atoms with Crippen LogP contribution in [0.25, 0.3) is 0 Å². The Hall–Kier alpha value is -1.82. The second-order valence-corrected chi connectivity index (χ2v) is 4.59. The van der Waals surface area contributed by atoms with Crippen LogP contribution in [0.4, 0.5) is 0 Å². The van der Waals surface area contributed by atoms with E-state index in [1.165, 1.54) is 0 Å². The lowest BCUT2D eigenvalue weighted by molar-refractivity contribution is 0.0699. The Labute approximate surface area is 102 Å². The molecular formula is C14H16N2O. The van der Waals surface area contributed by atoms with Crippen LogP contribution in [0.15, 0.2) is 24.3 Å². The number of nitrogens with zero attached hydrogens (tertiary/aromatic N) is 2. The van der Waals surface area contributed by atoms with Crippen LogP contribution in [-0.4, -0.2) is 23.9 Å². The summed E-state index contributed by atoms with van der Waals surface area (Å²) in [5.41, 5.74) is 1.87. The van der Waals surface area contributed by atoms with E-state index in [1.807, 2.05) is 31.2 Å². The van der Waals surface area contributed by atoms with Crippen molar-refractivity contribution in [2.45, 2.75) is 19.8 Å². The molecule has 1 aliphatic heterocycles. The number of amides is 1. The van der Waals surface area contributed by atoms with Gasteiger partial charge in [-0.3, -0.25) is 4.79 Å². The highest BCUT2D eigenvalue weighted by atomic mass is 16.2. The van der Waals surface area contributed by atoms with Crippen LogP contribution in [-0.2, 0) is 0 Å². The lowest BCUT2D eigenvalue weighted by atomic mass is 9.99. The van der Waals surface area contributed by atoms with Crippen molar-refractivity contribution in [3.63, 3.8) is 0 Å². The molecule has 1 aromatic rings. The molecule has 1 unspecified atom stereocenters. The van der Waals surface area contributed by atoms with Gasteiger partial charge >= 0.3 is 0 Å². The number of hydrogen-bond donors (Lipinski definition) is 0. The topological polar surface area (TPSA) is 44.1 Å². The fraction of sp³-hybridized carbons (Fsp3) is 0.429. The van der Waals surface area contributed by atoms with Crippen molar-refractivity contribution in [1.82, 2.24) is 4.90 Å². The minimum Gasteiger partial charge on any atom is -0.337 e. The van der Waals surface area contributed by atoms with Crippen LogP contribution in [0, 0.1) is 24.2 Å². The molecule has 1 fully saturated rings. The van der Waals surface area contributed by atoms with Crippen LogP contribution in [0.2, 0.25) is 0 Å². The molecule has 3 nitrogen and oxygen atoms in total. The van der Waals surface area contributed by atoms with Crippen molar-refractivity contribution in [1.29, 1.82) is 5.26 Å². The second-order valence-electron chi connectivity index (χ2n) is 4.59. The van der Waals surface area contributed by atoms with Crippen molar-refractivity contribution >= 4 is 5.91 Å². The number of likely N-dealkylation sites (tertiary alicyclic amines) is 1. The fourth-order valence-electron chi connectivity index (χ4n) is 2.15. The monoisotopic (exact) mass is 228 g/mol. The number of aryl methyl sites for hydroxylation is 1. The Kier molecular flexibility index (Phi) is 3.43. The molecule has 1 heterocycles. The molecule has 0 aromatic heterocycles. The van der Waals surface area contributed by atoms with E-state index in [1.54, 1.807) is 4.90 Å². The lowest BCUT2D eigenvalue weighted by Gasteiger charge is -2.29. The molecule has 1 amide bonds. The molecule has 1 atom stereocenters. The number of piperidine rings is 1. The Balaban J connectivity index is 2.09. The van der Waals surface area contributed by atoms with Gasteiger partial charge in [0, 0.05) is 18.7 Å². The molecule has 1 aromatic carbocycles. The fourth-order valence-corrected chi connectivity index (χ4v) is 2.15. The number of carbonyl (C=O) groups excluding carboxylic acids is 1. The Morgan fingerprint density at radius 3 is 2.76 bits per heavy atom. The minimum absolute atomic E-state index is 0.00171. The summed E-state index contributed by atoms with van der Waals surface area (Å²) in [4.78, 5) is 14.0. The van der Waals surface area contributed by atoms with Crippen LogP contribution < -0.4 is 0 Å². The predicted molar refractivity (Wildman–Crippen MR) is 65.4 cm³/mol. The minimum atomic E-state index is -0.00171. The number of nitriles is 1. The van der Waals surface area contributed by atoms with Crippen LogP contribution >= 0.6 is 0 Å². The van der Waals surface area contributed by atoms with Gasteiger partial charge in [-0.2, -0.15) is 5.26 Å². The van der Waals surface area contributed by atoms with Gasteiger partial charge in [0.25, 0.3) is 5.91 Å². The molecule has 2 rings (SSSR count). The Bertz CT molecular complexity index is 444. The zero-order valence-electron chi connectivity index (χ0n) is 10.0. The van der Waals surface area contributed by atoms with Crippen molar-refractivity contribution in [3.05, 3.63) is 35.4 Å². The molecule has 0 N–H and O–H groups in total. The first-order chi connectivity index (χ1) is 8.20. The van der Waals surface area contributed by atoms with E-state index in [4.69, 9.17) is 5.26 Å². The quantitative estimate of drug-likeness (QED) is 0.740. The maximum atomic E-state index is 12.2. The number of hydrogen-bond acceptors (Lipinski definition) is 2. The van der Waals surface area contributed by atoms with E-state index in [0.717, 1.165) is 24.9 Å². The average molecular weight is 228 g/mol. The van der Waals surface area contributed by atoms with E-state index in [9.17, 15) is 4.79 Å². The van der Waals surface area contributed by atoms with Gasteiger partial charge in [-0.1, -0.05) is 17.7 Å². The number of carbonyl (C=O) groups is 1. The molecule has 0 spiro atoms. The highest BCUT2D eigenvalue weighted by Crippen LogP contribution is 2.18. The molecular weight excluding hydrogens is 212 g/mol. The van der Waals surface area contributed by atoms with Gasteiger partial charge in [0.2, 0.25) is 0 Å². The zero-order chi connectivity index (χ0) is 12.3. The lowest BCUT2D eigenvalue weighted by Crippen LogP contribution is -2.39. The van der Waals surface area contributed by atoms with E-state index in [-0.39, 0.29) is 11.8 Å². The predicted octanol–water partition coefficient (Wildman–Crippen LogP) is 2.37. The third-order valence-corrected chi connectivity index (χ3v) is 3.19. The van der Waals surface area contributed by atoms with E-state index >= 15 is 0 Å². The molecule has 0 radical (unpaired) electrons.